The van der Waals surface area contributed by atoms with Crippen LogP contribution in [0.5, 0.6) is 0 Å². The molecule has 0 radical (unpaired) electrons. The SMILES string of the molecule is CCS(=O)c1c(-c2nc3cc(C(F)(F)C(F)(F)F)cnc3n2C)nc(C(C=Nc2cncc(F)c2)=CN)n1C. The molecular weight excluding hydrogens is 550 g/mol. The Morgan fingerprint density at radius 2 is 1.82 bits per heavy atom. The van der Waals surface area contributed by atoms with Gasteiger partial charge in [0.2, 0.25) is 0 Å². The van der Waals surface area contributed by atoms with Crippen LogP contribution in [0, 0.1) is 5.82 Å². The number of halogens is 6. The van der Waals surface area contributed by atoms with Crippen molar-refractivity contribution in [1.82, 2.24) is 29.1 Å². The van der Waals surface area contributed by atoms with Gasteiger partial charge in [-0.2, -0.15) is 22.0 Å². The predicted molar refractivity (Wildman–Crippen MR) is 132 cm³/mol. The first-order chi connectivity index (χ1) is 18.3. The molecule has 1 atom stereocenters. The van der Waals surface area contributed by atoms with Gasteiger partial charge < -0.3 is 14.9 Å². The zero-order valence-electron chi connectivity index (χ0n) is 20.5. The highest BCUT2D eigenvalue weighted by molar-refractivity contribution is 7.85. The lowest BCUT2D eigenvalue weighted by Crippen LogP contribution is -2.33. The number of hydrogen-bond acceptors (Lipinski definition) is 7. The number of rotatable bonds is 7. The fraction of sp³-hybridized carbons (Fsp3) is 0.261. The normalized spacial score (nSPS) is 14.0. The molecule has 1 unspecified atom stereocenters. The molecule has 0 aliphatic rings. The Morgan fingerprint density at radius 1 is 1.10 bits per heavy atom. The second-order valence-corrected chi connectivity index (χ2v) is 9.81. The van der Waals surface area contributed by atoms with Crippen LogP contribution in [0.1, 0.15) is 18.3 Å². The van der Waals surface area contributed by atoms with Crippen LogP contribution in [0.15, 0.2) is 46.9 Å². The van der Waals surface area contributed by atoms with Gasteiger partial charge in [0.05, 0.1) is 40.0 Å². The Hall–Kier alpha value is -4.08. The maximum Gasteiger partial charge on any atom is 0.458 e. The lowest BCUT2D eigenvalue weighted by molar-refractivity contribution is -0.289. The first-order valence-corrected chi connectivity index (χ1v) is 12.4. The molecule has 0 saturated carbocycles. The molecule has 16 heteroatoms. The minimum Gasteiger partial charge on any atom is -0.404 e. The van der Waals surface area contributed by atoms with Crippen LogP contribution in [-0.2, 0) is 30.8 Å². The van der Waals surface area contributed by atoms with E-state index in [1.807, 2.05) is 0 Å². The molecule has 4 aromatic heterocycles. The fourth-order valence-corrected chi connectivity index (χ4v) is 4.72. The number of aliphatic imine (C=N–C) groups is 1. The van der Waals surface area contributed by atoms with Gasteiger partial charge in [-0.15, -0.1) is 0 Å². The molecule has 0 aliphatic carbocycles. The van der Waals surface area contributed by atoms with E-state index in [4.69, 9.17) is 5.73 Å². The van der Waals surface area contributed by atoms with Crippen molar-refractivity contribution in [3.8, 4) is 11.5 Å². The summed E-state index contributed by atoms with van der Waals surface area (Å²) >= 11 is 0. The number of allylic oxidation sites excluding steroid dienone is 1. The average Bonchev–Trinajstić information content (AvgIpc) is 3.39. The zero-order valence-corrected chi connectivity index (χ0v) is 21.4. The lowest BCUT2D eigenvalue weighted by atomic mass is 10.1. The van der Waals surface area contributed by atoms with Crippen molar-refractivity contribution in [2.75, 3.05) is 5.75 Å². The summed E-state index contributed by atoms with van der Waals surface area (Å²) in [5.74, 6) is -5.38. The fourth-order valence-electron chi connectivity index (χ4n) is 3.70. The molecule has 0 spiro atoms. The molecule has 0 aliphatic heterocycles. The van der Waals surface area contributed by atoms with Crippen LogP contribution in [0.25, 0.3) is 28.3 Å². The third kappa shape index (κ3) is 5.03. The summed E-state index contributed by atoms with van der Waals surface area (Å²) in [6.07, 6.45) is -0.600. The van der Waals surface area contributed by atoms with Gasteiger partial charge in [0.15, 0.2) is 11.5 Å². The summed E-state index contributed by atoms with van der Waals surface area (Å²) in [5, 5.41) is 0.187. The van der Waals surface area contributed by atoms with Crippen molar-refractivity contribution in [2.45, 2.75) is 24.0 Å². The van der Waals surface area contributed by atoms with E-state index in [9.17, 15) is 30.6 Å². The minimum atomic E-state index is -5.82. The Morgan fingerprint density at radius 3 is 2.44 bits per heavy atom. The Labute approximate surface area is 219 Å². The quantitative estimate of drug-likeness (QED) is 0.260. The Balaban J connectivity index is 1.86. The van der Waals surface area contributed by atoms with E-state index in [1.165, 1.54) is 34.8 Å². The third-order valence-corrected chi connectivity index (χ3v) is 7.06. The highest BCUT2D eigenvalue weighted by atomic mass is 32.2. The molecule has 4 rings (SSSR count). The molecule has 4 aromatic rings. The largest absolute Gasteiger partial charge is 0.458 e. The first-order valence-electron chi connectivity index (χ1n) is 11.1. The number of pyridine rings is 2. The minimum absolute atomic E-state index is 0.00177. The summed E-state index contributed by atoms with van der Waals surface area (Å²) in [6, 6.07) is 1.74. The predicted octanol–water partition coefficient (Wildman–Crippen LogP) is 4.39. The molecule has 206 valence electrons. The maximum absolute atomic E-state index is 13.9. The van der Waals surface area contributed by atoms with Gasteiger partial charge in [0.25, 0.3) is 0 Å². The topological polar surface area (TPSA) is 117 Å². The molecule has 0 amide bonds. The van der Waals surface area contributed by atoms with Crippen molar-refractivity contribution >= 4 is 39.4 Å². The molecule has 0 aromatic carbocycles. The van der Waals surface area contributed by atoms with Crippen molar-refractivity contribution in [1.29, 1.82) is 0 Å². The number of nitrogens with zero attached hydrogens (tertiary/aromatic N) is 7. The number of alkyl halides is 5. The Bertz CT molecular complexity index is 1640. The van der Waals surface area contributed by atoms with Crippen molar-refractivity contribution < 1.29 is 30.6 Å². The van der Waals surface area contributed by atoms with Crippen LogP contribution < -0.4 is 5.73 Å². The van der Waals surface area contributed by atoms with E-state index in [0.29, 0.717) is 12.3 Å². The molecule has 39 heavy (non-hydrogen) atoms. The van der Waals surface area contributed by atoms with E-state index < -0.39 is 34.3 Å². The standard InChI is InChI=1S/C23H20F6N8OS/c1-4-39(38)21-17(35-18(37(21)3)12(7-30)8-32-15-6-14(24)10-31-11-15)20-34-16-5-13(9-33-19(16)36(20)2)22(25,26)23(27,28)29/h5-11H,4,30H2,1-3H3. The number of fused-ring (bicyclic) bond motifs is 1. The van der Waals surface area contributed by atoms with Gasteiger partial charge in [-0.25, -0.2) is 19.3 Å². The number of imidazole rings is 2. The van der Waals surface area contributed by atoms with Crippen molar-refractivity contribution in [3.63, 3.8) is 0 Å². The van der Waals surface area contributed by atoms with Gasteiger partial charge >= 0.3 is 12.1 Å². The van der Waals surface area contributed by atoms with Crippen LogP contribution in [0.4, 0.5) is 32.0 Å². The Kier molecular flexibility index (Phi) is 7.34. The molecule has 2 N–H and O–H groups in total. The monoisotopic (exact) mass is 570 g/mol. The van der Waals surface area contributed by atoms with Crippen LogP contribution in [0.2, 0.25) is 0 Å². The van der Waals surface area contributed by atoms with E-state index in [0.717, 1.165) is 12.3 Å². The lowest BCUT2D eigenvalue weighted by Gasteiger charge is -2.19. The van der Waals surface area contributed by atoms with Crippen LogP contribution in [-0.4, -0.2) is 51.4 Å². The highest BCUT2D eigenvalue weighted by Crippen LogP contribution is 2.44. The van der Waals surface area contributed by atoms with Gasteiger partial charge in [0, 0.05) is 44.5 Å². The summed E-state index contributed by atoms with van der Waals surface area (Å²) in [5.41, 5.74) is 4.67. The number of hydrogen-bond donors (Lipinski definition) is 1. The summed E-state index contributed by atoms with van der Waals surface area (Å²) in [7, 11) is 1.39. The smallest absolute Gasteiger partial charge is 0.404 e. The number of aryl methyl sites for hydroxylation is 1. The summed E-state index contributed by atoms with van der Waals surface area (Å²) < 4.78 is 95.9. The highest BCUT2D eigenvalue weighted by Gasteiger charge is 2.59. The summed E-state index contributed by atoms with van der Waals surface area (Å²) in [6.45, 7) is 1.66. The van der Waals surface area contributed by atoms with E-state index in [2.05, 4.69) is 24.9 Å². The second-order valence-electron chi connectivity index (χ2n) is 8.16. The summed E-state index contributed by atoms with van der Waals surface area (Å²) in [4.78, 5) is 20.4. The van der Waals surface area contributed by atoms with E-state index in [1.54, 1.807) is 14.0 Å². The second kappa shape index (κ2) is 10.2. The van der Waals surface area contributed by atoms with E-state index >= 15 is 0 Å². The van der Waals surface area contributed by atoms with Gasteiger partial charge in [0.1, 0.15) is 27.9 Å². The number of aromatic nitrogens is 6. The zero-order chi connectivity index (χ0) is 28.7. The first kappa shape index (κ1) is 27.9. The van der Waals surface area contributed by atoms with Crippen molar-refractivity contribution in [2.24, 2.45) is 24.8 Å². The van der Waals surface area contributed by atoms with Gasteiger partial charge in [-0.3, -0.25) is 14.2 Å². The van der Waals surface area contributed by atoms with E-state index in [-0.39, 0.29) is 50.5 Å². The molecule has 0 bridgehead atoms. The molecule has 9 nitrogen and oxygen atoms in total. The maximum atomic E-state index is 13.9. The number of nitrogens with two attached hydrogens (primary N) is 1. The van der Waals surface area contributed by atoms with Crippen LogP contribution >= 0.6 is 0 Å². The average molecular weight is 571 g/mol. The molecule has 4 heterocycles. The molecule has 0 saturated heterocycles. The molecular formula is C23H20F6N8OS. The molecule has 0 fully saturated rings. The van der Waals surface area contributed by atoms with Gasteiger partial charge in [-0.05, 0) is 6.07 Å². The third-order valence-electron chi connectivity index (χ3n) is 5.64. The van der Waals surface area contributed by atoms with Gasteiger partial charge in [-0.1, -0.05) is 6.92 Å². The van der Waals surface area contributed by atoms with Crippen LogP contribution in [0.3, 0.4) is 0 Å². The van der Waals surface area contributed by atoms with Crippen molar-refractivity contribution in [3.05, 3.63) is 54.1 Å².